The Hall–Kier alpha value is -2.06. The van der Waals surface area contributed by atoms with Gasteiger partial charge in [-0.05, 0) is 25.6 Å². The fourth-order valence-corrected chi connectivity index (χ4v) is 3.36. The Morgan fingerprint density at radius 1 is 1.15 bits per heavy atom. The molecule has 2 N–H and O–H groups in total. The molecule has 0 aromatic carbocycles. The van der Waals surface area contributed by atoms with Gasteiger partial charge in [0.2, 0.25) is 11.8 Å². The molecule has 1 aliphatic heterocycles. The Kier molecular flexibility index (Phi) is 6.51. The van der Waals surface area contributed by atoms with Crippen LogP contribution in [0, 0.1) is 0 Å². The first kappa shape index (κ1) is 18.7. The molecule has 1 saturated heterocycles. The van der Waals surface area contributed by atoms with E-state index in [1.807, 2.05) is 12.3 Å². The average molecular weight is 375 g/mol. The van der Waals surface area contributed by atoms with E-state index >= 15 is 0 Å². The number of unbranched alkanes of at least 4 members (excludes halogenated alkanes) is 1. The van der Waals surface area contributed by atoms with Crippen LogP contribution in [0.25, 0.3) is 0 Å². The summed E-state index contributed by atoms with van der Waals surface area (Å²) in [5, 5.41) is 0. The molecule has 3 rings (SSSR count). The normalized spacial score (nSPS) is 15.2. The molecule has 26 heavy (non-hydrogen) atoms. The number of hydrogen-bond donors (Lipinski definition) is 1. The van der Waals surface area contributed by atoms with Crippen LogP contribution >= 0.6 is 11.8 Å². The van der Waals surface area contributed by atoms with Gasteiger partial charge in [0.25, 0.3) is 0 Å². The van der Waals surface area contributed by atoms with Crippen molar-refractivity contribution >= 4 is 23.5 Å². The molecule has 1 aliphatic rings. The van der Waals surface area contributed by atoms with Gasteiger partial charge in [0, 0.05) is 37.3 Å². The molecule has 0 spiro atoms. The zero-order valence-electron chi connectivity index (χ0n) is 15.4. The molecule has 7 nitrogen and oxygen atoms in total. The number of likely N-dealkylation sites (N-methyl/N-ethyl adjacent to an activating group) is 1. The van der Waals surface area contributed by atoms with Crippen molar-refractivity contribution in [1.82, 2.24) is 19.9 Å². The predicted octanol–water partition coefficient (Wildman–Crippen LogP) is 2.54. The summed E-state index contributed by atoms with van der Waals surface area (Å²) in [5.74, 6) is 1.89. The van der Waals surface area contributed by atoms with Gasteiger partial charge < -0.3 is 20.3 Å². The summed E-state index contributed by atoms with van der Waals surface area (Å²) in [7, 11) is 2.14. The lowest BCUT2D eigenvalue weighted by Crippen LogP contribution is -2.45. The van der Waals surface area contributed by atoms with Crippen LogP contribution in [0.15, 0.2) is 34.3 Å². The number of nitrogens with two attached hydrogens (primary N) is 1. The van der Waals surface area contributed by atoms with Crippen LogP contribution in [-0.2, 0) is 0 Å². The van der Waals surface area contributed by atoms with Crippen LogP contribution in [0.2, 0.25) is 0 Å². The van der Waals surface area contributed by atoms with Gasteiger partial charge in [0.05, 0.1) is 17.7 Å². The minimum absolute atomic E-state index is 0.510. The number of hydrogen-bond acceptors (Lipinski definition) is 8. The van der Waals surface area contributed by atoms with E-state index in [1.54, 1.807) is 24.0 Å². The van der Waals surface area contributed by atoms with Crippen LogP contribution < -0.4 is 15.4 Å². The molecule has 1 fully saturated rings. The van der Waals surface area contributed by atoms with Crippen LogP contribution in [0.4, 0.5) is 11.8 Å². The fraction of sp³-hybridized carbons (Fsp3) is 0.500. The second kappa shape index (κ2) is 9.05. The maximum absolute atomic E-state index is 5.97. The summed E-state index contributed by atoms with van der Waals surface area (Å²) >= 11 is 1.54. The van der Waals surface area contributed by atoms with E-state index in [0.717, 1.165) is 54.8 Å². The smallest absolute Gasteiger partial charge is 0.232 e. The number of nitrogen functional groups attached to an aromatic ring is 1. The minimum Gasteiger partial charge on any atom is -0.477 e. The monoisotopic (exact) mass is 374 g/mol. The van der Waals surface area contributed by atoms with Gasteiger partial charge in [-0.1, -0.05) is 25.1 Å². The van der Waals surface area contributed by atoms with Crippen molar-refractivity contribution < 1.29 is 4.74 Å². The number of nitrogens with zero attached hydrogens (tertiary/aromatic N) is 5. The predicted molar refractivity (Wildman–Crippen MR) is 105 cm³/mol. The number of piperazine rings is 1. The van der Waals surface area contributed by atoms with E-state index in [1.165, 1.54) is 0 Å². The minimum atomic E-state index is 0.510. The standard InChI is InChI=1S/C18H26N6OS/c1-3-4-11-25-17-15(26-14-5-6-16(19)20-12-14)13-21-18(22-17)24-9-7-23(2)8-10-24/h5-6,12-13H,3-4,7-11H2,1-2H3,(H2,19,20). The summed E-state index contributed by atoms with van der Waals surface area (Å²) in [6.07, 6.45) is 5.69. The first-order valence-corrected chi connectivity index (χ1v) is 9.80. The number of rotatable bonds is 7. The molecule has 2 aromatic rings. The Morgan fingerprint density at radius 3 is 2.65 bits per heavy atom. The van der Waals surface area contributed by atoms with E-state index in [-0.39, 0.29) is 0 Å². The van der Waals surface area contributed by atoms with Crippen molar-refractivity contribution in [2.45, 2.75) is 29.6 Å². The quantitative estimate of drug-likeness (QED) is 0.741. The Morgan fingerprint density at radius 2 is 1.96 bits per heavy atom. The zero-order chi connectivity index (χ0) is 18.4. The van der Waals surface area contributed by atoms with Gasteiger partial charge in [-0.25, -0.2) is 9.97 Å². The molecule has 8 heteroatoms. The first-order valence-electron chi connectivity index (χ1n) is 8.98. The first-order chi connectivity index (χ1) is 12.7. The van der Waals surface area contributed by atoms with Gasteiger partial charge in [0.1, 0.15) is 5.82 Å². The molecule has 0 saturated carbocycles. The summed E-state index contributed by atoms with van der Waals surface area (Å²) in [6, 6.07) is 3.73. The van der Waals surface area contributed by atoms with Crippen molar-refractivity contribution in [1.29, 1.82) is 0 Å². The van der Waals surface area contributed by atoms with E-state index in [0.29, 0.717) is 18.3 Å². The Labute approximate surface area is 159 Å². The largest absolute Gasteiger partial charge is 0.477 e. The summed E-state index contributed by atoms with van der Waals surface area (Å²) in [6.45, 7) is 6.70. The highest BCUT2D eigenvalue weighted by Crippen LogP contribution is 2.34. The molecule has 0 bridgehead atoms. The van der Waals surface area contributed by atoms with Crippen molar-refractivity contribution in [3.05, 3.63) is 24.5 Å². The molecule has 0 amide bonds. The van der Waals surface area contributed by atoms with Gasteiger partial charge in [-0.3, -0.25) is 0 Å². The Balaban J connectivity index is 1.79. The second-order valence-corrected chi connectivity index (χ2v) is 7.47. The van der Waals surface area contributed by atoms with Crippen LogP contribution in [0.5, 0.6) is 5.88 Å². The van der Waals surface area contributed by atoms with Gasteiger partial charge >= 0.3 is 0 Å². The lowest BCUT2D eigenvalue weighted by Gasteiger charge is -2.32. The van der Waals surface area contributed by atoms with Gasteiger partial charge in [-0.15, -0.1) is 0 Å². The molecule has 0 aliphatic carbocycles. The highest BCUT2D eigenvalue weighted by Gasteiger charge is 2.19. The van der Waals surface area contributed by atoms with Gasteiger partial charge in [-0.2, -0.15) is 4.98 Å². The van der Waals surface area contributed by atoms with Gasteiger partial charge in [0.15, 0.2) is 0 Å². The van der Waals surface area contributed by atoms with Crippen molar-refractivity contribution in [3.63, 3.8) is 0 Å². The third-order valence-electron chi connectivity index (χ3n) is 4.22. The topological polar surface area (TPSA) is 80.4 Å². The van der Waals surface area contributed by atoms with Crippen molar-refractivity contribution in [2.75, 3.05) is 50.5 Å². The van der Waals surface area contributed by atoms with E-state index < -0.39 is 0 Å². The van der Waals surface area contributed by atoms with E-state index in [2.05, 4.69) is 33.7 Å². The lowest BCUT2D eigenvalue weighted by atomic mass is 10.3. The molecular weight excluding hydrogens is 348 g/mol. The van der Waals surface area contributed by atoms with E-state index in [4.69, 9.17) is 15.5 Å². The number of anilines is 2. The maximum Gasteiger partial charge on any atom is 0.232 e. The number of pyridine rings is 1. The highest BCUT2D eigenvalue weighted by molar-refractivity contribution is 7.99. The Bertz CT molecular complexity index is 703. The van der Waals surface area contributed by atoms with Crippen LogP contribution in [0.3, 0.4) is 0 Å². The zero-order valence-corrected chi connectivity index (χ0v) is 16.2. The molecule has 0 unspecified atom stereocenters. The lowest BCUT2D eigenvalue weighted by molar-refractivity contribution is 0.287. The van der Waals surface area contributed by atoms with Crippen molar-refractivity contribution in [3.8, 4) is 5.88 Å². The maximum atomic E-state index is 5.97. The molecule has 2 aromatic heterocycles. The van der Waals surface area contributed by atoms with E-state index in [9.17, 15) is 0 Å². The molecular formula is C18H26N6OS. The van der Waals surface area contributed by atoms with Crippen molar-refractivity contribution in [2.24, 2.45) is 0 Å². The highest BCUT2D eigenvalue weighted by atomic mass is 32.2. The summed E-state index contributed by atoms with van der Waals surface area (Å²) in [5.41, 5.74) is 5.66. The fourth-order valence-electron chi connectivity index (χ4n) is 2.57. The number of aromatic nitrogens is 3. The van der Waals surface area contributed by atoms with Crippen LogP contribution in [-0.4, -0.2) is 59.7 Å². The molecule has 0 radical (unpaired) electrons. The molecule has 140 valence electrons. The number of ether oxygens (including phenoxy) is 1. The van der Waals surface area contributed by atoms with Crippen LogP contribution in [0.1, 0.15) is 19.8 Å². The third kappa shape index (κ3) is 4.98. The summed E-state index contributed by atoms with van der Waals surface area (Å²) < 4.78 is 5.97. The second-order valence-electron chi connectivity index (χ2n) is 6.35. The SMILES string of the molecule is CCCCOc1nc(N2CCN(C)CC2)ncc1Sc1ccc(N)nc1. The summed E-state index contributed by atoms with van der Waals surface area (Å²) in [4.78, 5) is 19.8. The molecule has 0 atom stereocenters. The third-order valence-corrected chi connectivity index (χ3v) is 5.20. The average Bonchev–Trinajstić information content (AvgIpc) is 2.65. The molecule has 3 heterocycles.